The largest absolute Gasteiger partial charge is 0.373 e. The van der Waals surface area contributed by atoms with Crippen LogP contribution < -0.4 is 5.48 Å². The van der Waals surface area contributed by atoms with Crippen molar-refractivity contribution in [1.82, 2.24) is 10.0 Å². The van der Waals surface area contributed by atoms with Crippen molar-refractivity contribution in [2.75, 3.05) is 6.61 Å². The molecule has 0 saturated heterocycles. The predicted octanol–water partition coefficient (Wildman–Crippen LogP) is 1.48. The number of aromatic nitrogens is 1. The molecule has 5 heteroatoms. The Labute approximate surface area is 98.1 Å². The van der Waals surface area contributed by atoms with Gasteiger partial charge in [0.1, 0.15) is 0 Å². The maximum absolute atomic E-state index is 8.94. The highest BCUT2D eigenvalue weighted by atomic mass is 16.5. The van der Waals surface area contributed by atoms with Gasteiger partial charge in [0, 0.05) is 23.0 Å². The van der Waals surface area contributed by atoms with Crippen LogP contribution >= 0.6 is 0 Å². The lowest BCUT2D eigenvalue weighted by atomic mass is 10.1. The zero-order valence-corrected chi connectivity index (χ0v) is 9.23. The van der Waals surface area contributed by atoms with Gasteiger partial charge in [0.15, 0.2) is 5.84 Å². The summed E-state index contributed by atoms with van der Waals surface area (Å²) in [7, 11) is 0. The SMILES string of the molecule is N=C(NO)c1c2n(c3ccccc13)CCOC2. The predicted molar refractivity (Wildman–Crippen MR) is 63.3 cm³/mol. The van der Waals surface area contributed by atoms with Crippen LogP contribution in [0.25, 0.3) is 10.9 Å². The standard InChI is InChI=1S/C12H13N3O2/c13-12(14-16)11-8-3-1-2-4-9(8)15-5-6-17-7-10(11)15/h1-4,16H,5-7H2,(H2,13,14). The Morgan fingerprint density at radius 2 is 2.24 bits per heavy atom. The Kier molecular flexibility index (Phi) is 2.35. The van der Waals surface area contributed by atoms with Crippen LogP contribution in [0.1, 0.15) is 11.3 Å². The molecule has 0 bridgehead atoms. The smallest absolute Gasteiger partial charge is 0.151 e. The summed E-state index contributed by atoms with van der Waals surface area (Å²) in [4.78, 5) is 0. The lowest BCUT2D eigenvalue weighted by Gasteiger charge is -2.17. The molecule has 3 N–H and O–H groups in total. The first-order valence-corrected chi connectivity index (χ1v) is 5.50. The van der Waals surface area contributed by atoms with Gasteiger partial charge >= 0.3 is 0 Å². The minimum Gasteiger partial charge on any atom is -0.373 e. The highest BCUT2D eigenvalue weighted by molar-refractivity contribution is 6.09. The van der Waals surface area contributed by atoms with E-state index < -0.39 is 0 Å². The second kappa shape index (κ2) is 3.87. The van der Waals surface area contributed by atoms with Crippen molar-refractivity contribution in [2.45, 2.75) is 13.2 Å². The first-order chi connectivity index (χ1) is 8.33. The monoisotopic (exact) mass is 231 g/mol. The molecule has 1 aromatic carbocycles. The number of rotatable bonds is 1. The molecule has 1 aliphatic rings. The first-order valence-electron chi connectivity index (χ1n) is 5.50. The summed E-state index contributed by atoms with van der Waals surface area (Å²) < 4.78 is 7.59. The average molecular weight is 231 g/mol. The number of benzene rings is 1. The fourth-order valence-electron chi connectivity index (χ4n) is 2.42. The molecule has 5 nitrogen and oxygen atoms in total. The summed E-state index contributed by atoms with van der Waals surface area (Å²) in [5, 5.41) is 17.7. The van der Waals surface area contributed by atoms with Gasteiger partial charge in [-0.1, -0.05) is 18.2 Å². The normalized spacial score (nSPS) is 14.6. The molecule has 0 radical (unpaired) electrons. The van der Waals surface area contributed by atoms with Gasteiger partial charge in [-0.2, -0.15) is 0 Å². The molecule has 0 amide bonds. The molecule has 17 heavy (non-hydrogen) atoms. The van der Waals surface area contributed by atoms with Crippen molar-refractivity contribution in [2.24, 2.45) is 0 Å². The van der Waals surface area contributed by atoms with Crippen LogP contribution in [0.2, 0.25) is 0 Å². The highest BCUT2D eigenvalue weighted by Gasteiger charge is 2.22. The number of hydrogen-bond acceptors (Lipinski definition) is 3. The lowest BCUT2D eigenvalue weighted by molar-refractivity contribution is 0.0862. The summed E-state index contributed by atoms with van der Waals surface area (Å²) in [5.41, 5.74) is 4.68. The number of hydrogen-bond donors (Lipinski definition) is 3. The van der Waals surface area contributed by atoms with Crippen molar-refractivity contribution < 1.29 is 9.94 Å². The number of nitrogens with one attached hydrogen (secondary N) is 2. The van der Waals surface area contributed by atoms with Crippen LogP contribution in [0, 0.1) is 5.41 Å². The fourth-order valence-corrected chi connectivity index (χ4v) is 2.42. The van der Waals surface area contributed by atoms with E-state index >= 15 is 0 Å². The van der Waals surface area contributed by atoms with Crippen molar-refractivity contribution >= 4 is 16.7 Å². The summed E-state index contributed by atoms with van der Waals surface area (Å²) in [5.74, 6) is 0.0143. The van der Waals surface area contributed by atoms with Gasteiger partial charge in [0.2, 0.25) is 0 Å². The number of hydroxylamine groups is 1. The number of amidine groups is 1. The summed E-state index contributed by atoms with van der Waals surface area (Å²) in [6.45, 7) is 1.95. The molecule has 1 aromatic heterocycles. The van der Waals surface area contributed by atoms with Gasteiger partial charge in [-0.25, -0.2) is 0 Å². The average Bonchev–Trinajstić information content (AvgIpc) is 2.72. The van der Waals surface area contributed by atoms with Gasteiger partial charge in [0.25, 0.3) is 0 Å². The van der Waals surface area contributed by atoms with Crippen molar-refractivity contribution in [3.05, 3.63) is 35.5 Å². The molecule has 88 valence electrons. The summed E-state index contributed by atoms with van der Waals surface area (Å²) in [6, 6.07) is 7.90. The molecular weight excluding hydrogens is 218 g/mol. The van der Waals surface area contributed by atoms with E-state index in [1.807, 2.05) is 29.7 Å². The minimum absolute atomic E-state index is 0.0143. The van der Waals surface area contributed by atoms with E-state index in [9.17, 15) is 0 Å². The van der Waals surface area contributed by atoms with Crippen LogP contribution in [0.4, 0.5) is 0 Å². The topological polar surface area (TPSA) is 70.3 Å². The second-order valence-electron chi connectivity index (χ2n) is 4.03. The Hall–Kier alpha value is -1.85. The zero-order chi connectivity index (χ0) is 11.8. The van der Waals surface area contributed by atoms with Gasteiger partial charge in [-0.15, -0.1) is 0 Å². The maximum atomic E-state index is 8.94. The molecule has 0 fully saturated rings. The molecule has 0 aliphatic carbocycles. The van der Waals surface area contributed by atoms with Crippen LogP contribution in [0.5, 0.6) is 0 Å². The molecule has 0 atom stereocenters. The minimum atomic E-state index is 0.0143. The van der Waals surface area contributed by atoms with E-state index in [4.69, 9.17) is 15.4 Å². The van der Waals surface area contributed by atoms with E-state index in [1.165, 1.54) is 0 Å². The summed E-state index contributed by atoms with van der Waals surface area (Å²) in [6.07, 6.45) is 0. The molecule has 0 saturated carbocycles. The van der Waals surface area contributed by atoms with Crippen LogP contribution in [-0.4, -0.2) is 22.2 Å². The highest BCUT2D eigenvalue weighted by Crippen LogP contribution is 2.28. The third-order valence-corrected chi connectivity index (χ3v) is 3.14. The molecule has 2 heterocycles. The maximum Gasteiger partial charge on any atom is 0.151 e. The quantitative estimate of drug-likeness (QED) is 0.395. The van der Waals surface area contributed by atoms with E-state index in [-0.39, 0.29) is 5.84 Å². The van der Waals surface area contributed by atoms with Gasteiger partial charge in [0.05, 0.1) is 18.9 Å². The van der Waals surface area contributed by atoms with Crippen LogP contribution in [0.15, 0.2) is 24.3 Å². The zero-order valence-electron chi connectivity index (χ0n) is 9.23. The molecule has 0 unspecified atom stereocenters. The molecule has 0 spiro atoms. The van der Waals surface area contributed by atoms with Crippen LogP contribution in [0.3, 0.4) is 0 Å². The number of fused-ring (bicyclic) bond motifs is 3. The van der Waals surface area contributed by atoms with E-state index in [2.05, 4.69) is 4.57 Å². The number of nitrogens with zero attached hydrogens (tertiary/aromatic N) is 1. The summed E-state index contributed by atoms with van der Waals surface area (Å²) >= 11 is 0. The third kappa shape index (κ3) is 1.44. The Morgan fingerprint density at radius 3 is 3.06 bits per heavy atom. The van der Waals surface area contributed by atoms with E-state index in [0.717, 1.165) is 28.7 Å². The lowest BCUT2D eigenvalue weighted by Crippen LogP contribution is -2.23. The Morgan fingerprint density at radius 1 is 1.41 bits per heavy atom. The van der Waals surface area contributed by atoms with Crippen molar-refractivity contribution in [3.63, 3.8) is 0 Å². The van der Waals surface area contributed by atoms with Crippen molar-refractivity contribution in [1.29, 1.82) is 5.41 Å². The fraction of sp³-hybridized carbons (Fsp3) is 0.250. The second-order valence-corrected chi connectivity index (χ2v) is 4.03. The molecule has 1 aliphatic heterocycles. The third-order valence-electron chi connectivity index (χ3n) is 3.14. The van der Waals surface area contributed by atoms with Crippen LogP contribution in [-0.2, 0) is 17.9 Å². The molecule has 2 aromatic rings. The number of para-hydroxylation sites is 1. The number of ether oxygens (including phenoxy) is 1. The van der Waals surface area contributed by atoms with Gasteiger partial charge in [-0.3, -0.25) is 16.1 Å². The van der Waals surface area contributed by atoms with Gasteiger partial charge in [-0.05, 0) is 6.07 Å². The first kappa shape index (κ1) is 10.3. The molecular formula is C12H13N3O2. The molecule has 3 rings (SSSR count). The Bertz CT molecular complexity index is 589. The van der Waals surface area contributed by atoms with Gasteiger partial charge < -0.3 is 9.30 Å². The Balaban J connectivity index is 2.35. The van der Waals surface area contributed by atoms with E-state index in [1.54, 1.807) is 0 Å². The van der Waals surface area contributed by atoms with E-state index in [0.29, 0.717) is 13.2 Å². The van der Waals surface area contributed by atoms with Crippen molar-refractivity contribution in [3.8, 4) is 0 Å².